The molecule has 10 nitrogen and oxygen atoms in total. The molecular formula is C25H27ClFN7O3S. The van der Waals surface area contributed by atoms with E-state index in [-0.39, 0.29) is 18.1 Å². The molecule has 6 heterocycles. The maximum Gasteiger partial charge on any atom is 0.277 e. The minimum absolute atomic E-state index is 0. The molecule has 0 saturated carbocycles. The molecule has 2 fully saturated rings. The van der Waals surface area contributed by atoms with E-state index >= 15 is 0 Å². The topological polar surface area (TPSA) is 110 Å². The highest BCUT2D eigenvalue weighted by atomic mass is 35.5. The van der Waals surface area contributed by atoms with Gasteiger partial charge in [0.05, 0.1) is 23.6 Å². The number of carbonyl (C=O) groups excluding carboxylic acids is 1. The van der Waals surface area contributed by atoms with Gasteiger partial charge in [-0.05, 0) is 38.0 Å². The molecule has 1 N–H and O–H groups in total. The number of hydrogen-bond acceptors (Lipinski definition) is 10. The Bertz CT molecular complexity index is 1430. The molecule has 4 aromatic rings. The van der Waals surface area contributed by atoms with E-state index in [1.807, 2.05) is 24.0 Å². The van der Waals surface area contributed by atoms with Crippen molar-refractivity contribution >= 4 is 56.6 Å². The third-order valence-corrected chi connectivity index (χ3v) is 7.54. The average Bonchev–Trinajstić information content (AvgIpc) is 3.57. The Kier molecular flexibility index (Phi) is 7.73. The van der Waals surface area contributed by atoms with Gasteiger partial charge >= 0.3 is 0 Å². The Hall–Kier alpha value is -3.35. The van der Waals surface area contributed by atoms with Gasteiger partial charge in [-0.1, -0.05) is 11.3 Å². The Labute approximate surface area is 228 Å². The van der Waals surface area contributed by atoms with Crippen LogP contribution in [-0.2, 0) is 4.74 Å². The van der Waals surface area contributed by atoms with Gasteiger partial charge in [-0.3, -0.25) is 9.78 Å². The van der Waals surface area contributed by atoms with Crippen molar-refractivity contribution < 1.29 is 18.3 Å². The van der Waals surface area contributed by atoms with Crippen molar-refractivity contribution in [2.24, 2.45) is 0 Å². The third kappa shape index (κ3) is 5.42. The third-order valence-electron chi connectivity index (χ3n) is 6.49. The highest BCUT2D eigenvalue weighted by molar-refractivity contribution is 7.22. The Morgan fingerprint density at radius 3 is 2.66 bits per heavy atom. The van der Waals surface area contributed by atoms with Crippen molar-refractivity contribution in [1.29, 1.82) is 0 Å². The molecule has 4 aromatic heterocycles. The summed E-state index contributed by atoms with van der Waals surface area (Å²) in [6.07, 6.45) is 3.02. The van der Waals surface area contributed by atoms with Gasteiger partial charge in [-0.25, -0.2) is 14.4 Å². The lowest BCUT2D eigenvalue weighted by Gasteiger charge is -2.30. The SMILES string of the molecule is Cc1cc(-c2nc(C(=O)Nc3cc4sc(N5CCOCC5)nc4nc3N3CCC(F)CC3)co2)ccn1.Cl. The fourth-order valence-electron chi connectivity index (χ4n) is 4.50. The first-order chi connectivity index (χ1) is 18.0. The number of amides is 1. The summed E-state index contributed by atoms with van der Waals surface area (Å²) in [5.41, 5.74) is 2.86. The van der Waals surface area contributed by atoms with Gasteiger partial charge in [0.2, 0.25) is 5.89 Å². The average molecular weight is 560 g/mol. The standard InChI is InChI=1S/C25H26FN7O3S.ClH/c1-15-12-16(2-5-27-15)24-29-19(14-36-24)23(34)28-18-13-20-21(30-22(18)32-6-3-17(26)4-7-32)31-25(37-20)33-8-10-35-11-9-33;/h2,5,12-14,17H,3-4,6-11H2,1H3,(H,28,34);1H. The molecular weight excluding hydrogens is 533 g/mol. The second-order valence-electron chi connectivity index (χ2n) is 9.12. The van der Waals surface area contributed by atoms with Crippen LogP contribution in [0.2, 0.25) is 0 Å². The lowest BCUT2D eigenvalue weighted by Crippen LogP contribution is -2.36. The van der Waals surface area contributed by atoms with E-state index in [1.54, 1.807) is 12.3 Å². The minimum atomic E-state index is -0.824. The van der Waals surface area contributed by atoms with E-state index in [9.17, 15) is 9.18 Å². The molecule has 0 bridgehead atoms. The number of morpholine rings is 1. The first-order valence-corrected chi connectivity index (χ1v) is 13.1. The van der Waals surface area contributed by atoms with E-state index in [1.165, 1.54) is 17.6 Å². The largest absolute Gasteiger partial charge is 0.444 e. The van der Waals surface area contributed by atoms with Crippen molar-refractivity contribution in [2.75, 3.05) is 54.5 Å². The number of ether oxygens (including phenoxy) is 1. The van der Waals surface area contributed by atoms with Crippen molar-refractivity contribution in [3.8, 4) is 11.5 Å². The van der Waals surface area contributed by atoms with Crippen LogP contribution in [0.4, 0.5) is 21.0 Å². The van der Waals surface area contributed by atoms with Crippen molar-refractivity contribution in [2.45, 2.75) is 25.9 Å². The molecule has 0 aliphatic carbocycles. The summed E-state index contributed by atoms with van der Waals surface area (Å²) in [6.45, 7) is 5.76. The zero-order valence-electron chi connectivity index (χ0n) is 20.7. The molecule has 2 aliphatic heterocycles. The monoisotopic (exact) mass is 559 g/mol. The van der Waals surface area contributed by atoms with Crippen LogP contribution in [0.3, 0.4) is 0 Å². The Morgan fingerprint density at radius 2 is 1.89 bits per heavy atom. The number of aryl methyl sites for hydroxylation is 1. The number of fused-ring (bicyclic) bond motifs is 1. The van der Waals surface area contributed by atoms with Crippen LogP contribution < -0.4 is 15.1 Å². The second-order valence-corrected chi connectivity index (χ2v) is 10.1. The molecule has 38 heavy (non-hydrogen) atoms. The quantitative estimate of drug-likeness (QED) is 0.378. The number of carbonyl (C=O) groups is 1. The molecule has 0 spiro atoms. The summed E-state index contributed by atoms with van der Waals surface area (Å²) in [5.74, 6) is 0.508. The molecule has 2 aliphatic rings. The lowest BCUT2D eigenvalue weighted by atomic mass is 10.1. The number of anilines is 3. The van der Waals surface area contributed by atoms with Crippen LogP contribution in [0.1, 0.15) is 29.0 Å². The predicted octanol–water partition coefficient (Wildman–Crippen LogP) is 4.50. The summed E-state index contributed by atoms with van der Waals surface area (Å²) in [6, 6.07) is 5.51. The van der Waals surface area contributed by atoms with Crippen molar-refractivity contribution in [3.63, 3.8) is 0 Å². The van der Waals surface area contributed by atoms with Crippen LogP contribution in [0.25, 0.3) is 21.8 Å². The van der Waals surface area contributed by atoms with Crippen LogP contribution in [0, 0.1) is 6.92 Å². The number of piperidine rings is 1. The van der Waals surface area contributed by atoms with Crippen LogP contribution in [0.15, 0.2) is 35.1 Å². The van der Waals surface area contributed by atoms with E-state index in [4.69, 9.17) is 19.1 Å². The minimum Gasteiger partial charge on any atom is -0.444 e. The number of thiazole rings is 1. The van der Waals surface area contributed by atoms with Crippen LogP contribution >= 0.6 is 23.7 Å². The first kappa shape index (κ1) is 26.3. The summed E-state index contributed by atoms with van der Waals surface area (Å²) < 4.78 is 25.8. The zero-order valence-corrected chi connectivity index (χ0v) is 22.4. The van der Waals surface area contributed by atoms with Gasteiger partial charge in [-0.15, -0.1) is 12.4 Å². The number of oxazole rings is 1. The van der Waals surface area contributed by atoms with Crippen LogP contribution in [0.5, 0.6) is 0 Å². The van der Waals surface area contributed by atoms with Gasteiger partial charge < -0.3 is 24.3 Å². The first-order valence-electron chi connectivity index (χ1n) is 12.3. The maximum absolute atomic E-state index is 13.9. The Morgan fingerprint density at radius 1 is 1.11 bits per heavy atom. The number of aromatic nitrogens is 4. The van der Waals surface area contributed by atoms with Crippen molar-refractivity contribution in [1.82, 2.24) is 19.9 Å². The van der Waals surface area contributed by atoms with E-state index in [0.717, 1.165) is 34.2 Å². The highest BCUT2D eigenvalue weighted by Crippen LogP contribution is 2.36. The summed E-state index contributed by atoms with van der Waals surface area (Å²) >= 11 is 1.53. The Balaban J connectivity index is 0.00000294. The number of pyridine rings is 2. The summed E-state index contributed by atoms with van der Waals surface area (Å²) in [4.78, 5) is 35.6. The van der Waals surface area contributed by atoms with E-state index in [0.29, 0.717) is 62.2 Å². The molecule has 6 rings (SSSR count). The highest BCUT2D eigenvalue weighted by Gasteiger charge is 2.25. The molecule has 0 atom stereocenters. The number of nitrogens with zero attached hydrogens (tertiary/aromatic N) is 6. The van der Waals surface area contributed by atoms with Gasteiger partial charge in [-0.2, -0.15) is 4.98 Å². The second kappa shape index (κ2) is 11.2. The van der Waals surface area contributed by atoms with Gasteiger partial charge in [0.15, 0.2) is 22.3 Å². The smallest absolute Gasteiger partial charge is 0.277 e. The number of hydrogen-bond donors (Lipinski definition) is 1. The van der Waals surface area contributed by atoms with Gasteiger partial charge in [0.1, 0.15) is 12.4 Å². The molecule has 200 valence electrons. The number of rotatable bonds is 5. The molecule has 13 heteroatoms. The fourth-order valence-corrected chi connectivity index (χ4v) is 5.50. The lowest BCUT2D eigenvalue weighted by molar-refractivity contribution is 0.102. The van der Waals surface area contributed by atoms with E-state index < -0.39 is 12.1 Å². The number of halogens is 2. The number of alkyl halides is 1. The van der Waals surface area contributed by atoms with Gasteiger partial charge in [0, 0.05) is 43.6 Å². The normalized spacial score (nSPS) is 16.5. The zero-order chi connectivity index (χ0) is 25.4. The number of nitrogens with one attached hydrogen (secondary N) is 1. The molecule has 2 saturated heterocycles. The summed E-state index contributed by atoms with van der Waals surface area (Å²) in [5, 5.41) is 3.84. The van der Waals surface area contributed by atoms with Crippen molar-refractivity contribution in [3.05, 3.63) is 42.0 Å². The summed E-state index contributed by atoms with van der Waals surface area (Å²) in [7, 11) is 0. The van der Waals surface area contributed by atoms with Gasteiger partial charge in [0.25, 0.3) is 5.91 Å². The van der Waals surface area contributed by atoms with E-state index in [2.05, 4.69) is 20.2 Å². The molecule has 1 amide bonds. The fraction of sp³-hybridized carbons (Fsp3) is 0.400. The van der Waals surface area contributed by atoms with Crippen LogP contribution in [-0.4, -0.2) is 71.4 Å². The molecule has 0 radical (unpaired) electrons. The molecule has 0 unspecified atom stereocenters. The predicted molar refractivity (Wildman–Crippen MR) is 146 cm³/mol. The molecule has 0 aromatic carbocycles. The maximum atomic E-state index is 13.9.